The monoisotopic (exact) mass is 270 g/mol. The van der Waals surface area contributed by atoms with Crippen LogP contribution in [0.1, 0.15) is 43.2 Å². The first-order valence-corrected chi connectivity index (χ1v) is 8.00. The molecule has 2 aliphatic carbocycles. The van der Waals surface area contributed by atoms with Gasteiger partial charge >= 0.3 is 0 Å². The van der Waals surface area contributed by atoms with Crippen LogP contribution in [0.5, 0.6) is 0 Å². The van der Waals surface area contributed by atoms with Crippen LogP contribution in [0.25, 0.3) is 0 Å². The molecular weight excluding hydrogens is 248 g/mol. The summed E-state index contributed by atoms with van der Waals surface area (Å²) in [6, 6.07) is 7.26. The molecule has 1 saturated heterocycles. The number of piperidine rings is 1. The number of carbonyl (C=O) groups is 1. The number of rotatable bonds is 3. The van der Waals surface area contributed by atoms with E-state index in [1.165, 1.54) is 43.2 Å². The first-order chi connectivity index (χ1) is 9.81. The lowest BCUT2D eigenvalue weighted by atomic mass is 10.0. The van der Waals surface area contributed by atoms with Crippen LogP contribution >= 0.6 is 0 Å². The van der Waals surface area contributed by atoms with Crippen molar-refractivity contribution in [1.82, 2.24) is 5.32 Å². The number of carbonyl (C=O) groups excluding carboxylic acids is 1. The maximum absolute atomic E-state index is 12.7. The second-order valence-electron chi connectivity index (χ2n) is 6.43. The number of nitrogens with one attached hydrogen (secondary N) is 1. The summed E-state index contributed by atoms with van der Waals surface area (Å²) in [7, 11) is 0. The summed E-state index contributed by atoms with van der Waals surface area (Å²) in [6.07, 6.45) is 8.22. The summed E-state index contributed by atoms with van der Waals surface area (Å²) in [5.74, 6) is 0.279. The molecule has 1 heterocycles. The van der Waals surface area contributed by atoms with Gasteiger partial charge in [0.15, 0.2) is 0 Å². The highest BCUT2D eigenvalue weighted by atomic mass is 16.2. The molecule has 0 spiro atoms. The number of benzene rings is 1. The molecule has 1 atom stereocenters. The fraction of sp³-hybridized carbons (Fsp3) is 0.588. The minimum atomic E-state index is 0.0458. The second-order valence-corrected chi connectivity index (χ2v) is 6.43. The van der Waals surface area contributed by atoms with Gasteiger partial charge in [0.1, 0.15) is 0 Å². The van der Waals surface area contributed by atoms with Crippen molar-refractivity contribution < 1.29 is 4.79 Å². The van der Waals surface area contributed by atoms with Crippen molar-refractivity contribution >= 4 is 11.6 Å². The molecule has 1 unspecified atom stereocenters. The van der Waals surface area contributed by atoms with Crippen molar-refractivity contribution in [2.24, 2.45) is 0 Å². The molecule has 0 aromatic heterocycles. The van der Waals surface area contributed by atoms with Gasteiger partial charge in [0.05, 0.1) is 6.04 Å². The Kier molecular flexibility index (Phi) is 3.03. The molecular formula is C17H22N2O. The third-order valence-electron chi connectivity index (χ3n) is 4.85. The van der Waals surface area contributed by atoms with Gasteiger partial charge < -0.3 is 10.2 Å². The highest BCUT2D eigenvalue weighted by Crippen LogP contribution is 2.29. The van der Waals surface area contributed by atoms with Crippen LogP contribution in [0.2, 0.25) is 0 Å². The van der Waals surface area contributed by atoms with Crippen molar-refractivity contribution in [2.75, 3.05) is 11.4 Å². The maximum atomic E-state index is 12.7. The minimum absolute atomic E-state index is 0.0458. The van der Waals surface area contributed by atoms with Gasteiger partial charge in [0.2, 0.25) is 5.91 Å². The van der Waals surface area contributed by atoms with Crippen LogP contribution in [0.3, 0.4) is 0 Å². The predicted molar refractivity (Wildman–Crippen MR) is 80.0 cm³/mol. The molecule has 0 radical (unpaired) electrons. The molecule has 1 aromatic rings. The molecule has 3 nitrogen and oxygen atoms in total. The SMILES string of the molecule is O=C1C(NC2CC2)CCCN1c1ccc2c(c1)CCC2. The van der Waals surface area contributed by atoms with Crippen molar-refractivity contribution in [3.63, 3.8) is 0 Å². The molecule has 1 aliphatic heterocycles. The molecule has 20 heavy (non-hydrogen) atoms. The molecule has 4 rings (SSSR count). The standard InChI is InChI=1S/C17H22N2O/c20-17-16(18-14-7-8-14)5-2-10-19(17)15-9-6-12-3-1-4-13(12)11-15/h6,9,11,14,16,18H,1-5,7-8,10H2. The van der Waals surface area contributed by atoms with Gasteiger partial charge in [-0.05, 0) is 68.2 Å². The number of hydrogen-bond acceptors (Lipinski definition) is 2. The van der Waals surface area contributed by atoms with Crippen LogP contribution in [0.4, 0.5) is 5.69 Å². The van der Waals surface area contributed by atoms with Crippen LogP contribution < -0.4 is 10.2 Å². The van der Waals surface area contributed by atoms with Gasteiger partial charge in [-0.25, -0.2) is 0 Å². The van der Waals surface area contributed by atoms with E-state index in [-0.39, 0.29) is 11.9 Å². The number of amides is 1. The average molecular weight is 270 g/mol. The quantitative estimate of drug-likeness (QED) is 0.915. The summed E-state index contributed by atoms with van der Waals surface area (Å²) in [5, 5.41) is 3.50. The van der Waals surface area contributed by atoms with Gasteiger partial charge in [-0.3, -0.25) is 4.79 Å². The number of aryl methyl sites for hydroxylation is 2. The Morgan fingerprint density at radius 3 is 2.75 bits per heavy atom. The van der Waals surface area contributed by atoms with E-state index in [4.69, 9.17) is 0 Å². The fourth-order valence-electron chi connectivity index (χ4n) is 3.55. The van der Waals surface area contributed by atoms with Crippen molar-refractivity contribution in [2.45, 2.75) is 57.0 Å². The molecule has 1 amide bonds. The highest BCUT2D eigenvalue weighted by Gasteiger charge is 2.34. The Labute approximate surface area is 120 Å². The predicted octanol–water partition coefficient (Wildman–Crippen LogP) is 2.42. The second kappa shape index (κ2) is 4.88. The van der Waals surface area contributed by atoms with E-state index in [1.807, 2.05) is 4.90 Å². The number of nitrogens with zero attached hydrogens (tertiary/aromatic N) is 1. The third kappa shape index (κ3) is 2.24. The van der Waals surface area contributed by atoms with E-state index < -0.39 is 0 Å². The summed E-state index contributed by atoms with van der Waals surface area (Å²) < 4.78 is 0. The summed E-state index contributed by atoms with van der Waals surface area (Å²) in [5.41, 5.74) is 4.04. The van der Waals surface area contributed by atoms with E-state index >= 15 is 0 Å². The van der Waals surface area contributed by atoms with E-state index in [0.29, 0.717) is 6.04 Å². The number of hydrogen-bond donors (Lipinski definition) is 1. The Morgan fingerprint density at radius 2 is 1.90 bits per heavy atom. The summed E-state index contributed by atoms with van der Waals surface area (Å²) in [4.78, 5) is 14.7. The molecule has 106 valence electrons. The van der Waals surface area contributed by atoms with E-state index in [1.54, 1.807) is 0 Å². The van der Waals surface area contributed by atoms with Crippen LogP contribution in [0.15, 0.2) is 18.2 Å². The zero-order valence-electron chi connectivity index (χ0n) is 11.9. The Balaban J connectivity index is 1.55. The van der Waals surface area contributed by atoms with E-state index in [9.17, 15) is 4.79 Å². The van der Waals surface area contributed by atoms with E-state index in [2.05, 4.69) is 23.5 Å². The summed E-state index contributed by atoms with van der Waals surface area (Å²) in [6.45, 7) is 0.875. The normalized spacial score (nSPS) is 25.9. The first kappa shape index (κ1) is 12.4. The van der Waals surface area contributed by atoms with Gasteiger partial charge in [0, 0.05) is 18.3 Å². The Bertz CT molecular complexity index is 536. The van der Waals surface area contributed by atoms with Crippen LogP contribution in [0, 0.1) is 0 Å². The summed E-state index contributed by atoms with van der Waals surface area (Å²) >= 11 is 0. The molecule has 1 aromatic carbocycles. The van der Waals surface area contributed by atoms with E-state index in [0.717, 1.165) is 25.1 Å². The van der Waals surface area contributed by atoms with Gasteiger partial charge in [-0.1, -0.05) is 6.07 Å². The van der Waals surface area contributed by atoms with Crippen LogP contribution in [-0.2, 0) is 17.6 Å². The molecule has 3 heteroatoms. The highest BCUT2D eigenvalue weighted by molar-refractivity contribution is 5.98. The molecule has 0 bridgehead atoms. The third-order valence-corrected chi connectivity index (χ3v) is 4.85. The minimum Gasteiger partial charge on any atom is -0.311 e. The Hall–Kier alpha value is -1.35. The van der Waals surface area contributed by atoms with Crippen LogP contribution in [-0.4, -0.2) is 24.5 Å². The van der Waals surface area contributed by atoms with Gasteiger partial charge in [0.25, 0.3) is 0 Å². The van der Waals surface area contributed by atoms with Gasteiger partial charge in [-0.2, -0.15) is 0 Å². The smallest absolute Gasteiger partial charge is 0.244 e. The molecule has 2 fully saturated rings. The topological polar surface area (TPSA) is 32.3 Å². The first-order valence-electron chi connectivity index (χ1n) is 8.00. The van der Waals surface area contributed by atoms with Gasteiger partial charge in [-0.15, -0.1) is 0 Å². The Morgan fingerprint density at radius 1 is 1.05 bits per heavy atom. The van der Waals surface area contributed by atoms with Crippen molar-refractivity contribution in [3.05, 3.63) is 29.3 Å². The molecule has 1 N–H and O–H groups in total. The largest absolute Gasteiger partial charge is 0.311 e. The fourth-order valence-corrected chi connectivity index (χ4v) is 3.55. The lowest BCUT2D eigenvalue weighted by molar-refractivity contribution is -0.121. The number of anilines is 1. The lowest BCUT2D eigenvalue weighted by Crippen LogP contribution is -2.51. The zero-order chi connectivity index (χ0) is 13.5. The number of fused-ring (bicyclic) bond motifs is 1. The average Bonchev–Trinajstić information content (AvgIpc) is 3.15. The zero-order valence-corrected chi connectivity index (χ0v) is 11.9. The molecule has 1 saturated carbocycles. The maximum Gasteiger partial charge on any atom is 0.244 e. The lowest BCUT2D eigenvalue weighted by Gasteiger charge is -2.33. The van der Waals surface area contributed by atoms with Crippen molar-refractivity contribution in [3.8, 4) is 0 Å². The molecule has 3 aliphatic rings. The van der Waals surface area contributed by atoms with Crippen molar-refractivity contribution in [1.29, 1.82) is 0 Å².